The highest BCUT2D eigenvalue weighted by molar-refractivity contribution is 8.00. The van der Waals surface area contributed by atoms with E-state index in [-0.39, 0.29) is 33.8 Å². The maximum atomic E-state index is 12.7. The summed E-state index contributed by atoms with van der Waals surface area (Å²) in [5.41, 5.74) is 4.04. The first-order valence-corrected chi connectivity index (χ1v) is 10.8. The monoisotopic (exact) mass is 483 g/mol. The lowest BCUT2D eigenvalue weighted by Gasteiger charge is -2.33. The number of nitro groups is 1. The molecule has 1 aliphatic rings. The van der Waals surface area contributed by atoms with E-state index in [2.05, 4.69) is 10.3 Å². The Bertz CT molecular complexity index is 1040. The Hall–Kier alpha value is -3.35. The highest BCUT2D eigenvalue weighted by atomic mass is 32.2. The van der Waals surface area contributed by atoms with Gasteiger partial charge >= 0.3 is 6.18 Å². The van der Waals surface area contributed by atoms with Crippen molar-refractivity contribution in [2.75, 3.05) is 23.7 Å². The molecule has 2 amide bonds. The zero-order valence-corrected chi connectivity index (χ0v) is 18.0. The van der Waals surface area contributed by atoms with E-state index in [4.69, 9.17) is 5.73 Å². The minimum absolute atomic E-state index is 0.00444. The molecule has 0 saturated carbocycles. The molecule has 1 aliphatic heterocycles. The zero-order chi connectivity index (χ0) is 24.2. The van der Waals surface area contributed by atoms with Crippen LogP contribution >= 0.6 is 11.8 Å². The average Bonchev–Trinajstić information content (AvgIpc) is 2.77. The lowest BCUT2D eigenvalue weighted by atomic mass is 10.0. The van der Waals surface area contributed by atoms with Gasteiger partial charge < -0.3 is 16.0 Å². The molecule has 2 aromatic rings. The topological polar surface area (TPSA) is 131 Å². The predicted octanol–water partition coefficient (Wildman–Crippen LogP) is 2.98. The van der Waals surface area contributed by atoms with E-state index in [9.17, 15) is 32.9 Å². The SMILES string of the molecule is NC(=O)c1ccc(SCC(=O)NC2CCN(c3ccc(C(F)(F)F)cn3)CC2)c([N+](=O)[O-])c1. The number of anilines is 1. The molecule has 1 fully saturated rings. The van der Waals surface area contributed by atoms with Crippen molar-refractivity contribution in [1.29, 1.82) is 0 Å². The van der Waals surface area contributed by atoms with Crippen molar-refractivity contribution in [3.8, 4) is 0 Å². The number of alkyl halides is 3. The van der Waals surface area contributed by atoms with Gasteiger partial charge in [-0.05, 0) is 37.1 Å². The summed E-state index contributed by atoms with van der Waals surface area (Å²) in [5.74, 6) is -0.711. The van der Waals surface area contributed by atoms with Crippen LogP contribution in [-0.4, -0.2) is 46.6 Å². The van der Waals surface area contributed by atoms with Gasteiger partial charge in [0.1, 0.15) is 5.82 Å². The fourth-order valence-corrected chi connectivity index (χ4v) is 4.16. The smallest absolute Gasteiger partial charge is 0.366 e. The van der Waals surface area contributed by atoms with Gasteiger partial charge in [0.05, 0.1) is 21.1 Å². The van der Waals surface area contributed by atoms with Gasteiger partial charge in [-0.3, -0.25) is 19.7 Å². The highest BCUT2D eigenvalue weighted by Gasteiger charge is 2.31. The molecule has 3 N–H and O–H groups in total. The van der Waals surface area contributed by atoms with Crippen molar-refractivity contribution in [2.45, 2.75) is 30.0 Å². The second kappa shape index (κ2) is 10.1. The number of amides is 2. The van der Waals surface area contributed by atoms with Crippen LogP contribution in [0.25, 0.3) is 0 Å². The van der Waals surface area contributed by atoms with E-state index in [0.717, 1.165) is 30.1 Å². The molecule has 0 spiro atoms. The molecule has 1 aromatic carbocycles. The third kappa shape index (κ3) is 6.34. The maximum absolute atomic E-state index is 12.7. The molecule has 13 heteroatoms. The summed E-state index contributed by atoms with van der Waals surface area (Å²) < 4.78 is 38.0. The number of halogens is 3. The second-order valence-electron chi connectivity index (χ2n) is 7.32. The van der Waals surface area contributed by atoms with Gasteiger partial charge in [0.2, 0.25) is 11.8 Å². The summed E-state index contributed by atoms with van der Waals surface area (Å²) in [6.45, 7) is 1.02. The zero-order valence-electron chi connectivity index (χ0n) is 17.2. The van der Waals surface area contributed by atoms with Crippen molar-refractivity contribution in [3.63, 3.8) is 0 Å². The molecule has 1 saturated heterocycles. The molecule has 0 atom stereocenters. The summed E-state index contributed by atoms with van der Waals surface area (Å²) >= 11 is 0.975. The number of piperidine rings is 1. The summed E-state index contributed by atoms with van der Waals surface area (Å²) in [6, 6.07) is 6.01. The van der Waals surface area contributed by atoms with Crippen molar-refractivity contribution >= 4 is 35.1 Å². The fraction of sp³-hybridized carbons (Fsp3) is 0.350. The number of pyridine rings is 1. The van der Waals surface area contributed by atoms with E-state index in [0.29, 0.717) is 31.7 Å². The van der Waals surface area contributed by atoms with Gasteiger partial charge in [0, 0.05) is 37.0 Å². The van der Waals surface area contributed by atoms with E-state index < -0.39 is 22.6 Å². The highest BCUT2D eigenvalue weighted by Crippen LogP contribution is 2.31. The van der Waals surface area contributed by atoms with Crippen LogP contribution in [0.4, 0.5) is 24.7 Å². The molecule has 1 aromatic heterocycles. The summed E-state index contributed by atoms with van der Waals surface area (Å²) in [6.07, 6.45) is -2.49. The Morgan fingerprint density at radius 1 is 1.24 bits per heavy atom. The molecular weight excluding hydrogens is 463 g/mol. The largest absolute Gasteiger partial charge is 0.417 e. The Labute approximate surface area is 190 Å². The molecule has 2 heterocycles. The van der Waals surface area contributed by atoms with E-state index in [1.54, 1.807) is 0 Å². The van der Waals surface area contributed by atoms with Crippen LogP contribution in [-0.2, 0) is 11.0 Å². The first-order valence-electron chi connectivity index (χ1n) is 9.83. The number of carbonyl (C=O) groups is 2. The minimum atomic E-state index is -4.44. The predicted molar refractivity (Wildman–Crippen MR) is 115 cm³/mol. The number of primary amides is 1. The number of hydrogen-bond acceptors (Lipinski definition) is 7. The molecule has 33 heavy (non-hydrogen) atoms. The number of rotatable bonds is 7. The van der Waals surface area contributed by atoms with Gasteiger partial charge in [0.15, 0.2) is 0 Å². The van der Waals surface area contributed by atoms with Crippen LogP contribution in [0.15, 0.2) is 41.4 Å². The van der Waals surface area contributed by atoms with E-state index >= 15 is 0 Å². The van der Waals surface area contributed by atoms with Crippen molar-refractivity contribution in [3.05, 3.63) is 57.8 Å². The van der Waals surface area contributed by atoms with Gasteiger partial charge in [-0.2, -0.15) is 13.2 Å². The van der Waals surface area contributed by atoms with E-state index in [1.165, 1.54) is 18.2 Å². The number of nitrogens with zero attached hydrogens (tertiary/aromatic N) is 3. The Kier molecular flexibility index (Phi) is 7.41. The molecule has 176 valence electrons. The lowest BCUT2D eigenvalue weighted by Crippen LogP contribution is -2.45. The van der Waals surface area contributed by atoms with Crippen LogP contribution in [0, 0.1) is 10.1 Å². The summed E-state index contributed by atoms with van der Waals surface area (Å²) in [4.78, 5) is 40.1. The van der Waals surface area contributed by atoms with E-state index in [1.807, 2.05) is 4.90 Å². The fourth-order valence-electron chi connectivity index (χ4n) is 3.34. The third-order valence-electron chi connectivity index (χ3n) is 5.06. The molecule has 9 nitrogen and oxygen atoms in total. The van der Waals surface area contributed by atoms with Crippen molar-refractivity contribution in [1.82, 2.24) is 10.3 Å². The first-order chi connectivity index (χ1) is 15.5. The second-order valence-corrected chi connectivity index (χ2v) is 8.34. The maximum Gasteiger partial charge on any atom is 0.417 e. The van der Waals surface area contributed by atoms with Crippen LogP contribution in [0.5, 0.6) is 0 Å². The standard InChI is InChI=1S/C20H20F3N5O4S/c21-20(22,23)13-2-4-17(25-10-13)27-7-5-14(6-8-27)26-18(29)11-33-16-3-1-12(19(24)30)9-15(16)28(31)32/h1-4,9-10,14H,5-8,11H2,(H2,24,30)(H,26,29). The van der Waals surface area contributed by atoms with Crippen LogP contribution in [0.3, 0.4) is 0 Å². The Morgan fingerprint density at radius 3 is 2.48 bits per heavy atom. The molecule has 0 bridgehead atoms. The Morgan fingerprint density at radius 2 is 1.94 bits per heavy atom. The number of nitro benzene ring substituents is 1. The lowest BCUT2D eigenvalue weighted by molar-refractivity contribution is -0.387. The third-order valence-corrected chi connectivity index (χ3v) is 6.12. The van der Waals surface area contributed by atoms with Gasteiger partial charge in [-0.1, -0.05) is 0 Å². The molecule has 0 aliphatic carbocycles. The van der Waals surface area contributed by atoms with Crippen LogP contribution in [0.2, 0.25) is 0 Å². The van der Waals surface area contributed by atoms with Crippen LogP contribution in [0.1, 0.15) is 28.8 Å². The number of carbonyl (C=O) groups excluding carboxylic acids is 2. The number of thioether (sulfide) groups is 1. The molecule has 0 radical (unpaired) electrons. The summed E-state index contributed by atoms with van der Waals surface area (Å²) in [5, 5.41) is 14.1. The average molecular weight is 483 g/mol. The Balaban J connectivity index is 1.50. The van der Waals surface area contributed by atoms with Gasteiger partial charge in [-0.15, -0.1) is 11.8 Å². The number of hydrogen-bond donors (Lipinski definition) is 2. The minimum Gasteiger partial charge on any atom is -0.366 e. The molecule has 0 unspecified atom stereocenters. The number of nitrogens with two attached hydrogens (primary N) is 1. The molecular formula is C20H20F3N5O4S. The number of aromatic nitrogens is 1. The van der Waals surface area contributed by atoms with Crippen molar-refractivity contribution in [2.24, 2.45) is 5.73 Å². The normalized spacial score (nSPS) is 14.7. The van der Waals surface area contributed by atoms with Gasteiger partial charge in [-0.25, -0.2) is 4.98 Å². The first kappa shape index (κ1) is 24.3. The summed E-state index contributed by atoms with van der Waals surface area (Å²) in [7, 11) is 0. The van der Waals surface area contributed by atoms with Crippen LogP contribution < -0.4 is 16.0 Å². The van der Waals surface area contributed by atoms with Crippen molar-refractivity contribution < 1.29 is 27.7 Å². The number of nitrogens with one attached hydrogen (secondary N) is 1. The quantitative estimate of drug-likeness (QED) is 0.352. The number of benzene rings is 1. The van der Waals surface area contributed by atoms with Gasteiger partial charge in [0.25, 0.3) is 5.69 Å². The molecule has 3 rings (SSSR count).